The predicted molar refractivity (Wildman–Crippen MR) is 187 cm³/mol. The number of halogens is 3. The summed E-state index contributed by atoms with van der Waals surface area (Å²) in [7, 11) is 1.75. The molecular weight excluding hydrogens is 565 g/mol. The Bertz CT molecular complexity index is 1360. The molecular formula is C40H53F3N2. The van der Waals surface area contributed by atoms with Gasteiger partial charge in [0.15, 0.2) is 0 Å². The number of aryl methyl sites for hydroxylation is 4. The summed E-state index contributed by atoms with van der Waals surface area (Å²) < 4.78 is 39.9. The van der Waals surface area contributed by atoms with Gasteiger partial charge in [-0.3, -0.25) is 4.98 Å². The van der Waals surface area contributed by atoms with Gasteiger partial charge in [0.05, 0.1) is 16.8 Å². The summed E-state index contributed by atoms with van der Waals surface area (Å²) in [6.07, 6.45) is 4.59. The zero-order chi connectivity index (χ0) is 33.9. The summed E-state index contributed by atoms with van der Waals surface area (Å²) in [5.74, 6) is 0. The van der Waals surface area contributed by atoms with Crippen molar-refractivity contribution >= 4 is 0 Å². The number of nitrogens with one attached hydrogen (secondary N) is 1. The molecule has 244 valence electrons. The van der Waals surface area contributed by atoms with Gasteiger partial charge in [-0.1, -0.05) is 106 Å². The zero-order valence-electron chi connectivity index (χ0n) is 28.4. The molecule has 0 amide bonds. The van der Waals surface area contributed by atoms with E-state index in [0.717, 1.165) is 17.2 Å². The van der Waals surface area contributed by atoms with Gasteiger partial charge in [0.2, 0.25) is 0 Å². The van der Waals surface area contributed by atoms with Crippen molar-refractivity contribution in [2.24, 2.45) is 0 Å². The monoisotopic (exact) mass is 618 g/mol. The van der Waals surface area contributed by atoms with Crippen molar-refractivity contribution in [2.45, 2.75) is 91.8 Å². The van der Waals surface area contributed by atoms with Crippen molar-refractivity contribution < 1.29 is 13.2 Å². The van der Waals surface area contributed by atoms with Crippen molar-refractivity contribution in [1.29, 1.82) is 0 Å². The maximum Gasteiger partial charge on any atom is 0.416 e. The minimum Gasteiger partial charge on any atom is -0.305 e. The van der Waals surface area contributed by atoms with Crippen LogP contribution in [0.1, 0.15) is 91.6 Å². The largest absolute Gasteiger partial charge is 0.416 e. The van der Waals surface area contributed by atoms with Crippen molar-refractivity contribution in [3.05, 3.63) is 149 Å². The van der Waals surface area contributed by atoms with Crippen LogP contribution < -0.4 is 5.32 Å². The molecule has 0 aliphatic heterocycles. The van der Waals surface area contributed by atoms with Crippen LogP contribution in [-0.4, -0.2) is 12.0 Å². The first-order chi connectivity index (χ1) is 21.7. The van der Waals surface area contributed by atoms with E-state index in [1.165, 1.54) is 49.8 Å². The van der Waals surface area contributed by atoms with Crippen LogP contribution >= 0.6 is 0 Å². The minimum atomic E-state index is -4.40. The maximum atomic E-state index is 13.3. The third-order valence-corrected chi connectivity index (χ3v) is 7.52. The molecule has 1 atom stereocenters. The van der Waals surface area contributed by atoms with E-state index >= 15 is 0 Å². The fourth-order valence-corrected chi connectivity index (χ4v) is 5.32. The van der Waals surface area contributed by atoms with E-state index in [-0.39, 0.29) is 0 Å². The molecule has 1 aromatic heterocycles. The molecule has 0 fully saturated rings. The standard InChI is InChI=1S/C22H21F3N2.C12H16.2C2H6.C2H4/c1-16-11-12-20(27-15-16)21(26-2,14-17-7-4-3-5-8-17)18-9-6-10-19(13-18)22(23,24)25;1-10-7-8-11-5-3-2-4-6-12(11)9-10;3*1-2/h3-13,15,26H,14H2,1-2H3;7-9H,2-6H2,1H3;2*1-2H3;1-2H2. The predicted octanol–water partition coefficient (Wildman–Crippen LogP) is 11.2. The van der Waals surface area contributed by atoms with E-state index in [1.54, 1.807) is 30.4 Å². The van der Waals surface area contributed by atoms with Crippen LogP contribution in [0.25, 0.3) is 0 Å². The molecule has 0 saturated heterocycles. The van der Waals surface area contributed by atoms with Crippen LogP contribution in [0.3, 0.4) is 0 Å². The molecule has 2 nitrogen and oxygen atoms in total. The highest BCUT2D eigenvalue weighted by Crippen LogP contribution is 2.36. The van der Waals surface area contributed by atoms with Gasteiger partial charge >= 0.3 is 6.18 Å². The molecule has 5 rings (SSSR count). The number of benzene rings is 3. The molecule has 45 heavy (non-hydrogen) atoms. The number of likely N-dealkylation sites (N-methyl/N-ethyl adjacent to an activating group) is 1. The van der Waals surface area contributed by atoms with Gasteiger partial charge in [-0.2, -0.15) is 13.2 Å². The van der Waals surface area contributed by atoms with Gasteiger partial charge in [0.25, 0.3) is 0 Å². The fraction of sp³-hybridized carbons (Fsp3) is 0.375. The summed E-state index contributed by atoms with van der Waals surface area (Å²) in [6, 6.07) is 25.9. The molecule has 5 heteroatoms. The SMILES string of the molecule is C=C.CC.CC.CNC(Cc1ccccc1)(c1cccc(C(F)(F)F)c1)c1ccc(C)cn1.Cc1ccc2c(c1)CCCCC2. The van der Waals surface area contributed by atoms with Crippen molar-refractivity contribution in [3.8, 4) is 0 Å². The molecule has 1 N–H and O–H groups in total. The third-order valence-electron chi connectivity index (χ3n) is 7.52. The Balaban J connectivity index is 0.000000467. The summed E-state index contributed by atoms with van der Waals surface area (Å²) >= 11 is 0. The Labute approximate surface area is 270 Å². The lowest BCUT2D eigenvalue weighted by molar-refractivity contribution is -0.137. The lowest BCUT2D eigenvalue weighted by Crippen LogP contribution is -2.44. The van der Waals surface area contributed by atoms with Gasteiger partial charge in [-0.15, -0.1) is 13.2 Å². The van der Waals surface area contributed by atoms with E-state index in [0.29, 0.717) is 17.7 Å². The molecule has 0 saturated carbocycles. The van der Waals surface area contributed by atoms with Crippen molar-refractivity contribution in [1.82, 2.24) is 10.3 Å². The average Bonchev–Trinajstić information content (AvgIpc) is 3.32. The average molecular weight is 619 g/mol. The Morgan fingerprint density at radius 2 is 1.29 bits per heavy atom. The van der Waals surface area contributed by atoms with E-state index < -0.39 is 17.3 Å². The molecule has 0 bridgehead atoms. The summed E-state index contributed by atoms with van der Waals surface area (Å²) in [6.45, 7) is 18.1. The normalized spacial score (nSPS) is 13.2. The lowest BCUT2D eigenvalue weighted by Gasteiger charge is -2.34. The molecule has 1 aliphatic rings. The Kier molecular flexibility index (Phi) is 17.8. The number of rotatable bonds is 5. The maximum absolute atomic E-state index is 13.3. The number of alkyl halides is 3. The van der Waals surface area contributed by atoms with Gasteiger partial charge < -0.3 is 5.32 Å². The molecule has 1 aliphatic carbocycles. The topological polar surface area (TPSA) is 24.9 Å². The second-order valence-electron chi connectivity index (χ2n) is 10.4. The van der Waals surface area contributed by atoms with E-state index in [2.05, 4.69) is 48.6 Å². The van der Waals surface area contributed by atoms with Gasteiger partial charge in [-0.25, -0.2) is 0 Å². The highest BCUT2D eigenvalue weighted by molar-refractivity contribution is 5.41. The molecule has 0 radical (unpaired) electrons. The molecule has 4 aromatic rings. The fourth-order valence-electron chi connectivity index (χ4n) is 5.32. The molecule has 1 heterocycles. The second-order valence-corrected chi connectivity index (χ2v) is 10.4. The molecule has 3 aromatic carbocycles. The van der Waals surface area contributed by atoms with Crippen LogP contribution in [0.5, 0.6) is 0 Å². The van der Waals surface area contributed by atoms with E-state index in [1.807, 2.05) is 77.1 Å². The quantitative estimate of drug-likeness (QED) is 0.178. The number of hydrogen-bond acceptors (Lipinski definition) is 2. The number of aromatic nitrogens is 1. The number of pyridine rings is 1. The van der Waals surface area contributed by atoms with Crippen molar-refractivity contribution in [3.63, 3.8) is 0 Å². The summed E-state index contributed by atoms with van der Waals surface area (Å²) in [5, 5.41) is 3.26. The first kappa shape index (κ1) is 39.3. The first-order valence-electron chi connectivity index (χ1n) is 16.1. The van der Waals surface area contributed by atoms with Crippen LogP contribution in [0.2, 0.25) is 0 Å². The Morgan fingerprint density at radius 1 is 0.689 bits per heavy atom. The Hall–Kier alpha value is -3.70. The molecule has 1 unspecified atom stereocenters. The van der Waals surface area contributed by atoms with Crippen LogP contribution in [0.4, 0.5) is 13.2 Å². The minimum absolute atomic E-state index is 0.474. The summed E-state index contributed by atoms with van der Waals surface area (Å²) in [5.41, 5.74) is 6.27. The van der Waals surface area contributed by atoms with Gasteiger partial charge in [-0.05, 0) is 92.6 Å². The van der Waals surface area contributed by atoms with Crippen LogP contribution in [0, 0.1) is 13.8 Å². The van der Waals surface area contributed by atoms with E-state index in [9.17, 15) is 13.2 Å². The van der Waals surface area contributed by atoms with Crippen LogP contribution in [-0.2, 0) is 31.0 Å². The number of fused-ring (bicyclic) bond motifs is 1. The second kappa shape index (κ2) is 20.4. The zero-order valence-corrected chi connectivity index (χ0v) is 28.4. The Morgan fingerprint density at radius 3 is 1.87 bits per heavy atom. The highest BCUT2D eigenvalue weighted by Gasteiger charge is 2.37. The lowest BCUT2D eigenvalue weighted by atomic mass is 9.80. The number of nitrogens with zero attached hydrogens (tertiary/aromatic N) is 1. The smallest absolute Gasteiger partial charge is 0.305 e. The third kappa shape index (κ3) is 11.6. The first-order valence-corrected chi connectivity index (χ1v) is 16.1. The van der Waals surface area contributed by atoms with Crippen LogP contribution in [0.15, 0.2) is 104 Å². The van der Waals surface area contributed by atoms with Gasteiger partial charge in [0, 0.05) is 12.6 Å². The van der Waals surface area contributed by atoms with Crippen molar-refractivity contribution in [2.75, 3.05) is 7.05 Å². The van der Waals surface area contributed by atoms with Gasteiger partial charge in [0.1, 0.15) is 0 Å². The molecule has 0 spiro atoms. The number of hydrogen-bond donors (Lipinski definition) is 1. The highest BCUT2D eigenvalue weighted by atomic mass is 19.4. The summed E-state index contributed by atoms with van der Waals surface area (Å²) in [4.78, 5) is 4.54. The van der Waals surface area contributed by atoms with E-state index in [4.69, 9.17) is 0 Å².